The van der Waals surface area contributed by atoms with Gasteiger partial charge in [-0.25, -0.2) is 0 Å². The van der Waals surface area contributed by atoms with Crippen molar-refractivity contribution in [3.63, 3.8) is 0 Å². The van der Waals surface area contributed by atoms with E-state index in [1.54, 1.807) is 0 Å². The normalized spacial score (nSPS) is 11.4. The smallest absolute Gasteiger partial charge is 0.0992 e. The third-order valence-electron chi connectivity index (χ3n) is 10.3. The summed E-state index contributed by atoms with van der Waals surface area (Å²) >= 11 is 0. The fraction of sp³-hybridized carbons (Fsp3) is 0. The van der Waals surface area contributed by atoms with Gasteiger partial charge < -0.3 is 9.13 Å². The van der Waals surface area contributed by atoms with Crippen LogP contribution in [0.2, 0.25) is 0 Å². The molecule has 4 heteroatoms. The lowest BCUT2D eigenvalue weighted by Crippen LogP contribution is -2.02. The number of aromatic nitrogens is 3. The van der Waals surface area contributed by atoms with Crippen molar-refractivity contribution in [3.05, 3.63) is 188 Å². The first kappa shape index (κ1) is 29.7. The Morgan fingerprint density at radius 3 is 1.50 bits per heavy atom. The third-order valence-corrected chi connectivity index (χ3v) is 10.3. The molecule has 7 aromatic carbocycles. The number of nitrogens with zero attached hydrogens (tertiary/aromatic N) is 4. The number of nitriles is 1. The molecule has 0 radical (unpaired) electrons. The van der Waals surface area contributed by atoms with Crippen LogP contribution in [0, 0.1) is 11.3 Å². The summed E-state index contributed by atoms with van der Waals surface area (Å²) in [6, 6.07) is 62.1. The van der Waals surface area contributed by atoms with Gasteiger partial charge in [0.2, 0.25) is 0 Å². The van der Waals surface area contributed by atoms with Crippen LogP contribution in [0.4, 0.5) is 0 Å². The molecule has 10 aromatic rings. The SMILES string of the molecule is N#Cc1ccc(-c2cnccc2-n2c3ccccc3c3cc(-c4ccccc4)ccc32)c(-n2c3ccccc3c3cc(-c4ccccc4)ccc32)c1. The van der Waals surface area contributed by atoms with Gasteiger partial charge in [0.1, 0.15) is 0 Å². The molecule has 242 valence electrons. The van der Waals surface area contributed by atoms with Gasteiger partial charge in [-0.3, -0.25) is 4.98 Å². The summed E-state index contributed by atoms with van der Waals surface area (Å²) < 4.78 is 4.67. The zero-order chi connectivity index (χ0) is 34.6. The van der Waals surface area contributed by atoms with Gasteiger partial charge in [-0.05, 0) is 76.9 Å². The Hall–Kier alpha value is -7.22. The van der Waals surface area contributed by atoms with E-state index in [0.29, 0.717) is 5.56 Å². The minimum atomic E-state index is 0.598. The van der Waals surface area contributed by atoms with Crippen molar-refractivity contribution in [3.8, 4) is 50.8 Å². The van der Waals surface area contributed by atoms with Crippen LogP contribution in [0.15, 0.2) is 182 Å². The van der Waals surface area contributed by atoms with E-state index in [0.717, 1.165) is 55.3 Å². The maximum atomic E-state index is 10.2. The molecule has 0 aliphatic heterocycles. The number of hydrogen-bond acceptors (Lipinski definition) is 2. The van der Waals surface area contributed by atoms with Crippen molar-refractivity contribution < 1.29 is 0 Å². The largest absolute Gasteiger partial charge is 0.309 e. The van der Waals surface area contributed by atoms with Gasteiger partial charge in [-0.2, -0.15) is 5.26 Å². The molecule has 0 atom stereocenters. The molecular weight excluding hydrogens is 633 g/mol. The number of hydrogen-bond donors (Lipinski definition) is 0. The fourth-order valence-electron chi connectivity index (χ4n) is 7.89. The van der Waals surface area contributed by atoms with Crippen LogP contribution in [0.5, 0.6) is 0 Å². The monoisotopic (exact) mass is 662 g/mol. The number of para-hydroxylation sites is 2. The lowest BCUT2D eigenvalue weighted by Gasteiger charge is -2.18. The molecule has 0 N–H and O–H groups in total. The van der Waals surface area contributed by atoms with E-state index in [4.69, 9.17) is 4.98 Å². The summed E-state index contributed by atoms with van der Waals surface area (Å²) in [6.45, 7) is 0. The minimum absolute atomic E-state index is 0.598. The Morgan fingerprint density at radius 2 is 0.923 bits per heavy atom. The van der Waals surface area contributed by atoms with E-state index >= 15 is 0 Å². The van der Waals surface area contributed by atoms with E-state index in [1.165, 1.54) is 33.0 Å². The van der Waals surface area contributed by atoms with Crippen molar-refractivity contribution in [2.75, 3.05) is 0 Å². The van der Waals surface area contributed by atoms with E-state index in [1.807, 2.05) is 30.6 Å². The number of benzene rings is 7. The van der Waals surface area contributed by atoms with Crippen LogP contribution in [0.25, 0.3) is 88.4 Å². The van der Waals surface area contributed by atoms with Crippen molar-refractivity contribution in [2.24, 2.45) is 0 Å². The molecule has 0 saturated heterocycles. The average molecular weight is 663 g/mol. The Kier molecular flexibility index (Phi) is 6.84. The van der Waals surface area contributed by atoms with Crippen LogP contribution in [0.1, 0.15) is 5.56 Å². The van der Waals surface area contributed by atoms with Crippen LogP contribution < -0.4 is 0 Å². The third kappa shape index (κ3) is 4.65. The van der Waals surface area contributed by atoms with E-state index in [2.05, 4.69) is 167 Å². The summed E-state index contributed by atoms with van der Waals surface area (Å²) in [5.41, 5.74) is 13.6. The number of fused-ring (bicyclic) bond motifs is 6. The van der Waals surface area contributed by atoms with Crippen LogP contribution in [-0.4, -0.2) is 14.1 Å². The van der Waals surface area contributed by atoms with Gasteiger partial charge in [0.15, 0.2) is 0 Å². The average Bonchev–Trinajstić information content (AvgIpc) is 3.73. The second-order valence-electron chi connectivity index (χ2n) is 13.1. The molecule has 0 aliphatic rings. The molecule has 3 aromatic heterocycles. The highest BCUT2D eigenvalue weighted by molar-refractivity contribution is 6.12. The Morgan fingerprint density at radius 1 is 0.404 bits per heavy atom. The molecule has 0 amide bonds. The molecule has 0 bridgehead atoms. The molecule has 0 spiro atoms. The maximum Gasteiger partial charge on any atom is 0.0992 e. The van der Waals surface area contributed by atoms with Crippen LogP contribution in [0.3, 0.4) is 0 Å². The van der Waals surface area contributed by atoms with Gasteiger partial charge in [-0.1, -0.05) is 115 Å². The van der Waals surface area contributed by atoms with Gasteiger partial charge in [0.25, 0.3) is 0 Å². The maximum absolute atomic E-state index is 10.2. The molecule has 52 heavy (non-hydrogen) atoms. The molecule has 0 unspecified atom stereocenters. The second kappa shape index (κ2) is 12.0. The Bertz CT molecular complexity index is 3020. The topological polar surface area (TPSA) is 46.5 Å². The number of rotatable bonds is 5. The van der Waals surface area contributed by atoms with Gasteiger partial charge in [0.05, 0.1) is 45.1 Å². The van der Waals surface area contributed by atoms with Crippen LogP contribution in [-0.2, 0) is 0 Å². The van der Waals surface area contributed by atoms with Gasteiger partial charge >= 0.3 is 0 Å². The predicted molar refractivity (Wildman–Crippen MR) is 214 cm³/mol. The van der Waals surface area contributed by atoms with E-state index in [-0.39, 0.29) is 0 Å². The first-order chi connectivity index (χ1) is 25.8. The first-order valence-electron chi connectivity index (χ1n) is 17.4. The predicted octanol–water partition coefficient (Wildman–Crippen LogP) is 12.1. The summed E-state index contributed by atoms with van der Waals surface area (Å²) in [5, 5.41) is 14.9. The summed E-state index contributed by atoms with van der Waals surface area (Å²) in [7, 11) is 0. The molecule has 3 heterocycles. The summed E-state index contributed by atoms with van der Waals surface area (Å²) in [4.78, 5) is 4.69. The summed E-state index contributed by atoms with van der Waals surface area (Å²) in [5.74, 6) is 0. The Balaban J connectivity index is 1.24. The lowest BCUT2D eigenvalue weighted by molar-refractivity contribution is 1.14. The first-order valence-corrected chi connectivity index (χ1v) is 17.4. The molecule has 0 saturated carbocycles. The molecule has 4 nitrogen and oxygen atoms in total. The standard InChI is InChI=1S/C48H30N4/c49-30-32-19-22-39(48(27-32)52-44-18-10-8-16-38(44)41-29-36(21-24-46(41)52)34-13-5-2-6-14-34)42-31-50-26-25-47(42)51-43-17-9-7-15-37(43)40-28-35(20-23-45(40)51)33-11-3-1-4-12-33/h1-29,31H. The van der Waals surface area contributed by atoms with Gasteiger partial charge in [-0.15, -0.1) is 0 Å². The van der Waals surface area contributed by atoms with Crippen LogP contribution >= 0.6 is 0 Å². The van der Waals surface area contributed by atoms with Crippen molar-refractivity contribution >= 4 is 43.6 Å². The van der Waals surface area contributed by atoms with Crippen molar-refractivity contribution in [1.29, 1.82) is 5.26 Å². The zero-order valence-electron chi connectivity index (χ0n) is 28.1. The van der Waals surface area contributed by atoms with Gasteiger partial charge in [0, 0.05) is 45.1 Å². The van der Waals surface area contributed by atoms with Crippen molar-refractivity contribution in [1.82, 2.24) is 14.1 Å². The minimum Gasteiger partial charge on any atom is -0.309 e. The molecule has 0 aliphatic carbocycles. The highest BCUT2D eigenvalue weighted by atomic mass is 15.0. The quantitative estimate of drug-likeness (QED) is 0.184. The summed E-state index contributed by atoms with van der Waals surface area (Å²) in [6.07, 6.45) is 3.83. The fourth-order valence-corrected chi connectivity index (χ4v) is 7.89. The highest BCUT2D eigenvalue weighted by Gasteiger charge is 2.21. The van der Waals surface area contributed by atoms with E-state index < -0.39 is 0 Å². The second-order valence-corrected chi connectivity index (χ2v) is 13.1. The molecule has 0 fully saturated rings. The Labute approximate surface area is 300 Å². The number of pyridine rings is 1. The molecular formula is C48H30N4. The highest BCUT2D eigenvalue weighted by Crippen LogP contribution is 2.42. The van der Waals surface area contributed by atoms with E-state index in [9.17, 15) is 5.26 Å². The lowest BCUT2D eigenvalue weighted by atomic mass is 10.0. The van der Waals surface area contributed by atoms with Crippen molar-refractivity contribution in [2.45, 2.75) is 0 Å². The molecule has 10 rings (SSSR count). The zero-order valence-corrected chi connectivity index (χ0v) is 28.1.